The molecule has 1 amide bonds. The highest BCUT2D eigenvalue weighted by Gasteiger charge is 2.31. The highest BCUT2D eigenvalue weighted by atomic mass is 32.2. The summed E-state index contributed by atoms with van der Waals surface area (Å²) in [6.45, 7) is 0. The third kappa shape index (κ3) is 6.20. The van der Waals surface area contributed by atoms with Crippen LogP contribution in [0.5, 0.6) is 23.0 Å². The Balaban J connectivity index is 2.38. The molecule has 0 aliphatic rings. The van der Waals surface area contributed by atoms with Crippen molar-refractivity contribution >= 4 is 15.9 Å². The van der Waals surface area contributed by atoms with Gasteiger partial charge in [-0.3, -0.25) is 4.79 Å². The largest absolute Gasteiger partial charge is 0.573 e. The highest BCUT2D eigenvalue weighted by Crippen LogP contribution is 2.37. The molecule has 29 heavy (non-hydrogen) atoms. The number of carbonyl (C=O) groups excluding carboxylic acids is 1. The van der Waals surface area contributed by atoms with Crippen LogP contribution < -0.4 is 18.9 Å². The van der Waals surface area contributed by atoms with Crippen molar-refractivity contribution in [3.05, 3.63) is 47.5 Å². The monoisotopic (exact) mass is 441 g/mol. The first-order valence-corrected chi connectivity index (χ1v) is 9.31. The van der Waals surface area contributed by atoms with E-state index >= 15 is 0 Å². The van der Waals surface area contributed by atoms with Crippen molar-refractivity contribution in [1.82, 2.24) is 4.72 Å². The molecule has 0 atom stereocenters. The van der Waals surface area contributed by atoms with Gasteiger partial charge in [-0.1, -0.05) is 0 Å². The number of ether oxygens (including phenoxy) is 3. The van der Waals surface area contributed by atoms with Gasteiger partial charge in [0.05, 0.1) is 18.9 Å². The fraction of sp³-hybridized carbons (Fsp3) is 0.188. The number of benzene rings is 2. The lowest BCUT2D eigenvalue weighted by atomic mass is 10.2. The molecule has 0 bridgehead atoms. The summed E-state index contributed by atoms with van der Waals surface area (Å²) >= 11 is 0. The van der Waals surface area contributed by atoms with E-state index in [1.54, 1.807) is 0 Å². The van der Waals surface area contributed by atoms with Crippen LogP contribution in [0.3, 0.4) is 0 Å². The average Bonchev–Trinajstić information content (AvgIpc) is 2.55. The van der Waals surface area contributed by atoms with Gasteiger partial charge in [-0.2, -0.15) is 0 Å². The summed E-state index contributed by atoms with van der Waals surface area (Å²) in [5.41, 5.74) is -0.929. The Kier molecular flexibility index (Phi) is 6.21. The van der Waals surface area contributed by atoms with Crippen molar-refractivity contribution in [3.63, 3.8) is 0 Å². The molecular formula is C16H12F5NO6S. The molecule has 0 saturated carbocycles. The highest BCUT2D eigenvalue weighted by molar-refractivity contribution is 7.89. The van der Waals surface area contributed by atoms with Gasteiger partial charge in [0.1, 0.15) is 11.6 Å². The number of alkyl halides is 3. The Bertz CT molecular complexity index is 1040. The summed E-state index contributed by atoms with van der Waals surface area (Å²) < 4.78 is 103. The lowest BCUT2D eigenvalue weighted by molar-refractivity contribution is -0.274. The molecule has 0 fully saturated rings. The van der Waals surface area contributed by atoms with Crippen LogP contribution in [0.2, 0.25) is 0 Å². The first-order valence-electron chi connectivity index (χ1n) is 7.42. The molecule has 0 spiro atoms. The lowest BCUT2D eigenvalue weighted by Crippen LogP contribution is -2.30. The van der Waals surface area contributed by atoms with Crippen LogP contribution in [0.1, 0.15) is 10.4 Å². The second-order valence-electron chi connectivity index (χ2n) is 5.43. The predicted octanol–water partition coefficient (Wildman–Crippen LogP) is 3.35. The summed E-state index contributed by atoms with van der Waals surface area (Å²) in [5, 5.41) is 0. The number of methoxy groups -OCH3 is 1. The van der Waals surface area contributed by atoms with Crippen molar-refractivity contribution < 1.29 is 49.4 Å². The zero-order chi connectivity index (χ0) is 22.0. The normalized spacial score (nSPS) is 11.7. The molecular weight excluding hydrogens is 429 g/mol. The van der Waals surface area contributed by atoms with Gasteiger partial charge >= 0.3 is 6.36 Å². The topological polar surface area (TPSA) is 90.9 Å². The van der Waals surface area contributed by atoms with Crippen LogP contribution in [0.25, 0.3) is 0 Å². The summed E-state index contributed by atoms with van der Waals surface area (Å²) in [7, 11) is -2.88. The van der Waals surface area contributed by atoms with Gasteiger partial charge in [0, 0.05) is 12.1 Å². The Hall–Kier alpha value is -3.09. The maximum absolute atomic E-state index is 14.2. The van der Waals surface area contributed by atoms with Crippen molar-refractivity contribution in [2.45, 2.75) is 6.36 Å². The van der Waals surface area contributed by atoms with Crippen LogP contribution in [-0.2, 0) is 10.0 Å². The van der Waals surface area contributed by atoms with E-state index in [2.05, 4.69) is 4.74 Å². The molecule has 0 unspecified atom stereocenters. The molecule has 7 nitrogen and oxygen atoms in total. The summed E-state index contributed by atoms with van der Waals surface area (Å²) in [6, 6.07) is 3.47. The number of carbonyl (C=O) groups is 1. The van der Waals surface area contributed by atoms with E-state index in [1.807, 2.05) is 0 Å². The van der Waals surface area contributed by atoms with Crippen molar-refractivity contribution in [3.8, 4) is 23.0 Å². The first-order chi connectivity index (χ1) is 13.3. The Morgan fingerprint density at radius 3 is 2.21 bits per heavy atom. The number of rotatable bonds is 6. The molecule has 0 radical (unpaired) electrons. The molecule has 13 heteroatoms. The van der Waals surface area contributed by atoms with Gasteiger partial charge in [0.15, 0.2) is 23.1 Å². The summed E-state index contributed by atoms with van der Waals surface area (Å²) in [6.07, 6.45) is -4.36. The van der Waals surface area contributed by atoms with E-state index in [0.29, 0.717) is 18.4 Å². The number of nitrogens with one attached hydrogen (secondary N) is 1. The van der Waals surface area contributed by atoms with Crippen LogP contribution in [-0.4, -0.2) is 34.1 Å². The second kappa shape index (κ2) is 8.11. The minimum absolute atomic E-state index is 0.127. The minimum Gasteiger partial charge on any atom is -0.493 e. The zero-order valence-electron chi connectivity index (χ0n) is 14.6. The van der Waals surface area contributed by atoms with Gasteiger partial charge < -0.3 is 14.2 Å². The van der Waals surface area contributed by atoms with Crippen molar-refractivity contribution in [2.24, 2.45) is 0 Å². The molecule has 158 valence electrons. The molecule has 2 aromatic rings. The molecule has 0 aliphatic carbocycles. The van der Waals surface area contributed by atoms with E-state index in [1.165, 1.54) is 4.72 Å². The molecule has 0 saturated heterocycles. The maximum Gasteiger partial charge on any atom is 0.573 e. The van der Waals surface area contributed by atoms with Gasteiger partial charge in [0.25, 0.3) is 5.91 Å². The zero-order valence-corrected chi connectivity index (χ0v) is 15.5. The minimum atomic E-state index is -5.00. The molecule has 0 heterocycles. The Morgan fingerprint density at radius 1 is 1.00 bits per heavy atom. The van der Waals surface area contributed by atoms with Gasteiger partial charge in [-0.15, -0.1) is 13.2 Å². The van der Waals surface area contributed by atoms with Crippen LogP contribution in [0.15, 0.2) is 30.3 Å². The SMILES string of the molecule is COc1ccc(OC(F)(F)F)cc1Oc1cc(F)c(C(=O)NS(C)(=O)=O)cc1F. The van der Waals surface area contributed by atoms with Crippen molar-refractivity contribution in [2.75, 3.05) is 13.4 Å². The standard InChI is InChI=1S/C16H12F5NO6S/c1-26-12-4-3-8(28-16(19,20)21)5-14(12)27-13-7-10(17)9(6-11(13)18)15(23)22-29(2,24)25/h3-7H,1-2H3,(H,22,23). The molecule has 1 N–H and O–H groups in total. The number of sulfonamides is 1. The quantitative estimate of drug-likeness (QED) is 0.692. The van der Waals surface area contributed by atoms with E-state index < -0.39 is 56.7 Å². The van der Waals surface area contributed by atoms with E-state index in [0.717, 1.165) is 25.3 Å². The number of halogens is 5. The average molecular weight is 441 g/mol. The number of amides is 1. The summed E-state index contributed by atoms with van der Waals surface area (Å²) in [4.78, 5) is 11.7. The van der Waals surface area contributed by atoms with Gasteiger partial charge in [0.2, 0.25) is 10.0 Å². The van der Waals surface area contributed by atoms with Crippen LogP contribution >= 0.6 is 0 Å². The number of hydrogen-bond donors (Lipinski definition) is 1. The third-order valence-corrected chi connectivity index (χ3v) is 3.69. The Morgan fingerprint density at radius 2 is 1.66 bits per heavy atom. The van der Waals surface area contributed by atoms with E-state index in [4.69, 9.17) is 9.47 Å². The fourth-order valence-corrected chi connectivity index (χ4v) is 2.50. The van der Waals surface area contributed by atoms with E-state index in [-0.39, 0.29) is 5.75 Å². The maximum atomic E-state index is 14.2. The second-order valence-corrected chi connectivity index (χ2v) is 7.18. The molecule has 0 aliphatic heterocycles. The smallest absolute Gasteiger partial charge is 0.493 e. The molecule has 0 aromatic heterocycles. The number of hydrogen-bond acceptors (Lipinski definition) is 6. The summed E-state index contributed by atoms with van der Waals surface area (Å²) in [5.74, 6) is -6.15. The molecule has 2 aromatic carbocycles. The first kappa shape index (κ1) is 22.2. The lowest BCUT2D eigenvalue weighted by Gasteiger charge is -2.14. The van der Waals surface area contributed by atoms with E-state index in [9.17, 15) is 35.2 Å². The van der Waals surface area contributed by atoms with Crippen LogP contribution in [0, 0.1) is 11.6 Å². The van der Waals surface area contributed by atoms with Gasteiger partial charge in [-0.05, 0) is 18.2 Å². The Labute approximate surface area is 161 Å². The van der Waals surface area contributed by atoms with Crippen molar-refractivity contribution in [1.29, 1.82) is 0 Å². The fourth-order valence-electron chi connectivity index (χ4n) is 2.06. The third-order valence-electron chi connectivity index (χ3n) is 3.13. The molecule has 2 rings (SSSR count). The van der Waals surface area contributed by atoms with Crippen LogP contribution in [0.4, 0.5) is 22.0 Å². The predicted molar refractivity (Wildman–Crippen MR) is 88.4 cm³/mol. The van der Waals surface area contributed by atoms with Gasteiger partial charge in [-0.25, -0.2) is 21.9 Å².